The van der Waals surface area contributed by atoms with Crippen molar-refractivity contribution in [2.75, 3.05) is 37.4 Å². The van der Waals surface area contributed by atoms with E-state index < -0.39 is 0 Å². The molecule has 1 atom stereocenters. The SMILES string of the molecule is CN(C)C1CCN(c2ccc(NC(=O)c3ccc(Oc4cccnc4)o3)cc2)C1. The second-order valence-electron chi connectivity index (χ2n) is 7.26. The van der Waals surface area contributed by atoms with Crippen molar-refractivity contribution < 1.29 is 13.9 Å². The molecule has 1 aromatic carbocycles. The summed E-state index contributed by atoms with van der Waals surface area (Å²) in [6.45, 7) is 2.06. The normalized spacial score (nSPS) is 16.2. The minimum atomic E-state index is -0.326. The Kier molecular flexibility index (Phi) is 5.48. The van der Waals surface area contributed by atoms with Gasteiger partial charge in [0.2, 0.25) is 0 Å². The number of benzene rings is 1. The van der Waals surface area contributed by atoms with E-state index >= 15 is 0 Å². The van der Waals surface area contributed by atoms with Gasteiger partial charge in [0, 0.05) is 42.8 Å². The second kappa shape index (κ2) is 8.36. The fourth-order valence-electron chi connectivity index (χ4n) is 3.37. The number of anilines is 2. The molecule has 2 aromatic heterocycles. The molecular formula is C22H24N4O3. The van der Waals surface area contributed by atoms with Crippen LogP contribution in [0.15, 0.2) is 65.3 Å². The predicted octanol–water partition coefficient (Wildman–Crippen LogP) is 3.86. The van der Waals surface area contributed by atoms with E-state index in [9.17, 15) is 4.79 Å². The van der Waals surface area contributed by atoms with E-state index in [-0.39, 0.29) is 17.6 Å². The van der Waals surface area contributed by atoms with Crippen molar-refractivity contribution in [3.8, 4) is 11.7 Å². The first-order valence-corrected chi connectivity index (χ1v) is 9.59. The van der Waals surface area contributed by atoms with Crippen LogP contribution in [0.4, 0.5) is 11.4 Å². The molecule has 1 saturated heterocycles. The van der Waals surface area contributed by atoms with Crippen molar-refractivity contribution in [2.24, 2.45) is 0 Å². The number of rotatable bonds is 6. The minimum Gasteiger partial charge on any atom is -0.424 e. The molecule has 7 heteroatoms. The van der Waals surface area contributed by atoms with Gasteiger partial charge in [-0.2, -0.15) is 0 Å². The third kappa shape index (κ3) is 4.57. The maximum Gasteiger partial charge on any atom is 0.291 e. The third-order valence-electron chi connectivity index (χ3n) is 5.04. The number of pyridine rings is 1. The molecule has 1 aliphatic heterocycles. The average molecular weight is 392 g/mol. The number of carbonyl (C=O) groups excluding carboxylic acids is 1. The van der Waals surface area contributed by atoms with E-state index in [4.69, 9.17) is 9.15 Å². The Morgan fingerprint density at radius 2 is 2.03 bits per heavy atom. The maximum atomic E-state index is 12.5. The van der Waals surface area contributed by atoms with Crippen molar-refractivity contribution in [3.05, 3.63) is 66.7 Å². The highest BCUT2D eigenvalue weighted by Crippen LogP contribution is 2.25. The number of ether oxygens (including phenoxy) is 1. The van der Waals surface area contributed by atoms with Crippen LogP contribution >= 0.6 is 0 Å². The number of aromatic nitrogens is 1. The molecule has 0 bridgehead atoms. The van der Waals surface area contributed by atoms with Crippen LogP contribution in [-0.2, 0) is 0 Å². The van der Waals surface area contributed by atoms with Crippen molar-refractivity contribution in [1.82, 2.24) is 9.88 Å². The predicted molar refractivity (Wildman–Crippen MR) is 112 cm³/mol. The molecule has 0 spiro atoms. The molecule has 1 unspecified atom stereocenters. The highest BCUT2D eigenvalue weighted by atomic mass is 16.6. The second-order valence-corrected chi connectivity index (χ2v) is 7.26. The van der Waals surface area contributed by atoms with Gasteiger partial charge in [0.15, 0.2) is 5.76 Å². The zero-order valence-corrected chi connectivity index (χ0v) is 16.5. The van der Waals surface area contributed by atoms with E-state index in [1.54, 1.807) is 36.7 Å². The molecule has 150 valence electrons. The van der Waals surface area contributed by atoms with Crippen LogP contribution in [-0.4, -0.2) is 49.0 Å². The van der Waals surface area contributed by atoms with Gasteiger partial charge >= 0.3 is 0 Å². The molecule has 1 fully saturated rings. The van der Waals surface area contributed by atoms with Crippen LogP contribution in [0.2, 0.25) is 0 Å². The largest absolute Gasteiger partial charge is 0.424 e. The van der Waals surface area contributed by atoms with Crippen molar-refractivity contribution in [2.45, 2.75) is 12.5 Å². The Labute approximate surface area is 169 Å². The van der Waals surface area contributed by atoms with Crippen molar-refractivity contribution >= 4 is 17.3 Å². The summed E-state index contributed by atoms with van der Waals surface area (Å²) in [4.78, 5) is 21.1. The van der Waals surface area contributed by atoms with Gasteiger partial charge in [0.05, 0.1) is 6.20 Å². The highest BCUT2D eigenvalue weighted by Gasteiger charge is 2.24. The molecule has 1 aliphatic rings. The lowest BCUT2D eigenvalue weighted by Crippen LogP contribution is -2.31. The lowest BCUT2D eigenvalue weighted by atomic mass is 10.2. The molecule has 4 rings (SSSR count). The van der Waals surface area contributed by atoms with E-state index in [1.807, 2.05) is 24.3 Å². The number of nitrogens with zero attached hydrogens (tertiary/aromatic N) is 3. The molecule has 0 saturated carbocycles. The van der Waals surface area contributed by atoms with Crippen LogP contribution in [0.1, 0.15) is 17.0 Å². The Balaban J connectivity index is 1.35. The van der Waals surface area contributed by atoms with Crippen molar-refractivity contribution in [1.29, 1.82) is 0 Å². The summed E-state index contributed by atoms with van der Waals surface area (Å²) in [5, 5.41) is 2.85. The Bertz CT molecular complexity index is 954. The molecule has 0 radical (unpaired) electrons. The zero-order chi connectivity index (χ0) is 20.2. The van der Waals surface area contributed by atoms with Crippen LogP contribution in [0, 0.1) is 0 Å². The standard InChI is InChI=1S/C22H24N4O3/c1-25(2)18-11-13-26(15-18)17-7-5-16(6-8-17)24-22(27)20-9-10-21(29-20)28-19-4-3-12-23-14-19/h3-10,12,14,18H,11,13,15H2,1-2H3,(H,24,27). The number of hydrogen-bond acceptors (Lipinski definition) is 6. The fourth-order valence-corrected chi connectivity index (χ4v) is 3.37. The van der Waals surface area contributed by atoms with Gasteiger partial charge in [-0.05, 0) is 63.0 Å². The molecule has 29 heavy (non-hydrogen) atoms. The topological polar surface area (TPSA) is 70.8 Å². The van der Waals surface area contributed by atoms with Gasteiger partial charge in [-0.3, -0.25) is 9.78 Å². The van der Waals surface area contributed by atoms with E-state index in [1.165, 1.54) is 0 Å². The molecule has 3 aromatic rings. The molecule has 1 N–H and O–H groups in total. The summed E-state index contributed by atoms with van der Waals surface area (Å²) >= 11 is 0. The van der Waals surface area contributed by atoms with Gasteiger partial charge in [-0.1, -0.05) is 0 Å². The molecule has 3 heterocycles. The molecule has 1 amide bonds. The van der Waals surface area contributed by atoms with E-state index in [0.717, 1.165) is 25.2 Å². The summed E-state index contributed by atoms with van der Waals surface area (Å²) in [5.41, 5.74) is 1.88. The lowest BCUT2D eigenvalue weighted by molar-refractivity contribution is 0.0992. The summed E-state index contributed by atoms with van der Waals surface area (Å²) in [6, 6.07) is 15.2. The van der Waals surface area contributed by atoms with Gasteiger partial charge in [-0.15, -0.1) is 0 Å². The third-order valence-corrected chi connectivity index (χ3v) is 5.04. The van der Waals surface area contributed by atoms with Crippen molar-refractivity contribution in [3.63, 3.8) is 0 Å². The number of hydrogen-bond donors (Lipinski definition) is 1. The first-order chi connectivity index (χ1) is 14.1. The first kappa shape index (κ1) is 19.0. The lowest BCUT2D eigenvalue weighted by Gasteiger charge is -2.22. The molecular weight excluding hydrogens is 368 g/mol. The molecule has 7 nitrogen and oxygen atoms in total. The first-order valence-electron chi connectivity index (χ1n) is 9.59. The van der Waals surface area contributed by atoms with E-state index in [0.29, 0.717) is 17.5 Å². The van der Waals surface area contributed by atoms with Gasteiger partial charge in [0.25, 0.3) is 11.9 Å². The summed E-state index contributed by atoms with van der Waals surface area (Å²) in [6.07, 6.45) is 4.39. The minimum absolute atomic E-state index is 0.182. The highest BCUT2D eigenvalue weighted by molar-refractivity contribution is 6.02. The van der Waals surface area contributed by atoms with Gasteiger partial charge < -0.3 is 24.3 Å². The van der Waals surface area contributed by atoms with E-state index in [2.05, 4.69) is 34.2 Å². The number of carbonyl (C=O) groups is 1. The Hall–Kier alpha value is -3.32. The van der Waals surface area contributed by atoms with Gasteiger partial charge in [-0.25, -0.2) is 0 Å². The molecule has 0 aliphatic carbocycles. The quantitative estimate of drug-likeness (QED) is 0.687. The maximum absolute atomic E-state index is 12.5. The zero-order valence-electron chi connectivity index (χ0n) is 16.5. The smallest absolute Gasteiger partial charge is 0.291 e. The number of amides is 1. The fraction of sp³-hybridized carbons (Fsp3) is 0.273. The summed E-state index contributed by atoms with van der Waals surface area (Å²) < 4.78 is 11.0. The summed E-state index contributed by atoms with van der Waals surface area (Å²) in [7, 11) is 4.24. The summed E-state index contributed by atoms with van der Waals surface area (Å²) in [5.74, 6) is 0.639. The number of likely N-dealkylation sites (N-methyl/N-ethyl adjacent to an activating group) is 1. The van der Waals surface area contributed by atoms with Crippen LogP contribution < -0.4 is 15.0 Å². The Morgan fingerprint density at radius 1 is 1.21 bits per heavy atom. The number of furan rings is 1. The van der Waals surface area contributed by atoms with Crippen LogP contribution in [0.5, 0.6) is 11.7 Å². The van der Waals surface area contributed by atoms with Gasteiger partial charge in [0.1, 0.15) is 5.75 Å². The van der Waals surface area contributed by atoms with Crippen LogP contribution in [0.3, 0.4) is 0 Å². The monoisotopic (exact) mass is 392 g/mol. The van der Waals surface area contributed by atoms with Crippen LogP contribution in [0.25, 0.3) is 0 Å². The average Bonchev–Trinajstić information content (AvgIpc) is 3.39. The number of nitrogens with one attached hydrogen (secondary N) is 1. The Morgan fingerprint density at radius 3 is 2.72 bits per heavy atom.